The second-order valence-corrected chi connectivity index (χ2v) is 8.96. The van der Waals surface area contributed by atoms with Gasteiger partial charge in [-0.05, 0) is 47.4 Å². The number of benzene rings is 2. The Morgan fingerprint density at radius 3 is 2.18 bits per heavy atom. The molecule has 2 aromatic carbocycles. The second kappa shape index (κ2) is 10.1. The van der Waals surface area contributed by atoms with E-state index in [0.717, 1.165) is 35.1 Å². The van der Waals surface area contributed by atoms with Crippen LogP contribution in [-0.2, 0) is 14.3 Å². The van der Waals surface area contributed by atoms with E-state index in [9.17, 15) is 14.4 Å². The van der Waals surface area contributed by atoms with Gasteiger partial charge in [-0.25, -0.2) is 4.79 Å². The summed E-state index contributed by atoms with van der Waals surface area (Å²) in [4.78, 5) is 38.5. The minimum absolute atomic E-state index is 0.0322. The summed E-state index contributed by atoms with van der Waals surface area (Å²) < 4.78 is 5.56. The number of nitrogens with one attached hydrogen (secondary N) is 1. The molecule has 1 unspecified atom stereocenters. The van der Waals surface area contributed by atoms with Crippen molar-refractivity contribution in [1.29, 1.82) is 0 Å². The molecule has 7 heteroatoms. The summed E-state index contributed by atoms with van der Waals surface area (Å²) in [5.41, 5.74) is 4.48. The molecule has 0 saturated carbocycles. The largest absolute Gasteiger partial charge is 0.481 e. The van der Waals surface area contributed by atoms with E-state index >= 15 is 0 Å². The first kappa shape index (κ1) is 22.8. The highest BCUT2D eigenvalue weighted by Gasteiger charge is 2.31. The highest BCUT2D eigenvalue weighted by Crippen LogP contribution is 2.44. The summed E-state index contributed by atoms with van der Waals surface area (Å²) in [5, 5.41) is 11.7. The van der Waals surface area contributed by atoms with Gasteiger partial charge in [-0.2, -0.15) is 0 Å². The quantitative estimate of drug-likeness (QED) is 0.664. The van der Waals surface area contributed by atoms with Crippen LogP contribution in [0.15, 0.2) is 48.5 Å². The number of rotatable bonds is 7. The summed E-state index contributed by atoms with van der Waals surface area (Å²) in [7, 11) is 0. The molecule has 1 heterocycles. The minimum Gasteiger partial charge on any atom is -0.481 e. The van der Waals surface area contributed by atoms with Crippen LogP contribution in [0.2, 0.25) is 0 Å². The van der Waals surface area contributed by atoms with Crippen LogP contribution in [0.5, 0.6) is 0 Å². The Kier molecular flexibility index (Phi) is 6.96. The smallest absolute Gasteiger partial charge is 0.407 e. The number of nitrogens with zero attached hydrogens (tertiary/aromatic N) is 1. The van der Waals surface area contributed by atoms with Crippen LogP contribution < -0.4 is 5.32 Å². The van der Waals surface area contributed by atoms with Crippen LogP contribution in [0.25, 0.3) is 11.1 Å². The predicted octanol–water partition coefficient (Wildman–Crippen LogP) is 4.02. The van der Waals surface area contributed by atoms with E-state index in [1.807, 2.05) is 36.4 Å². The molecule has 1 atom stereocenters. The Morgan fingerprint density at radius 2 is 1.61 bits per heavy atom. The van der Waals surface area contributed by atoms with Gasteiger partial charge in [0, 0.05) is 25.4 Å². The maximum absolute atomic E-state index is 13.0. The fourth-order valence-corrected chi connectivity index (χ4v) is 4.76. The van der Waals surface area contributed by atoms with Gasteiger partial charge in [-0.1, -0.05) is 55.5 Å². The van der Waals surface area contributed by atoms with Crippen molar-refractivity contribution in [2.75, 3.05) is 19.7 Å². The molecule has 174 valence electrons. The summed E-state index contributed by atoms with van der Waals surface area (Å²) in [6.07, 6.45) is 0.935. The van der Waals surface area contributed by atoms with Gasteiger partial charge in [0.2, 0.25) is 5.91 Å². The molecule has 0 bridgehead atoms. The lowest BCUT2D eigenvalue weighted by Crippen LogP contribution is -2.51. The molecular formula is C26H30N2O5. The van der Waals surface area contributed by atoms with Crippen molar-refractivity contribution in [3.8, 4) is 11.1 Å². The van der Waals surface area contributed by atoms with E-state index < -0.39 is 18.1 Å². The first-order valence-electron chi connectivity index (χ1n) is 11.6. The highest BCUT2D eigenvalue weighted by molar-refractivity contribution is 5.86. The Hall–Kier alpha value is -3.35. The molecule has 2 aliphatic rings. The number of carbonyl (C=O) groups is 3. The Morgan fingerprint density at radius 1 is 1.03 bits per heavy atom. The third-order valence-corrected chi connectivity index (χ3v) is 6.68. The molecule has 1 aliphatic heterocycles. The number of amides is 2. The molecule has 33 heavy (non-hydrogen) atoms. The number of ether oxygens (including phenoxy) is 1. The molecule has 1 fully saturated rings. The van der Waals surface area contributed by atoms with Gasteiger partial charge in [0.15, 0.2) is 0 Å². The fourth-order valence-electron chi connectivity index (χ4n) is 4.76. The molecule has 1 saturated heterocycles. The number of carbonyl (C=O) groups excluding carboxylic acids is 2. The van der Waals surface area contributed by atoms with Crippen LogP contribution in [0.1, 0.15) is 49.7 Å². The van der Waals surface area contributed by atoms with E-state index in [1.165, 1.54) is 0 Å². The lowest BCUT2D eigenvalue weighted by atomic mass is 9.98. The van der Waals surface area contributed by atoms with Crippen molar-refractivity contribution in [2.24, 2.45) is 5.92 Å². The lowest BCUT2D eigenvalue weighted by Gasteiger charge is -2.33. The number of hydrogen-bond acceptors (Lipinski definition) is 4. The summed E-state index contributed by atoms with van der Waals surface area (Å²) in [6, 6.07) is 15.2. The Bertz CT molecular complexity index is 983. The maximum atomic E-state index is 13.0. The van der Waals surface area contributed by atoms with Crippen molar-refractivity contribution >= 4 is 18.0 Å². The first-order chi connectivity index (χ1) is 15.9. The van der Waals surface area contributed by atoms with Crippen molar-refractivity contribution in [3.05, 3.63) is 59.7 Å². The van der Waals surface area contributed by atoms with Crippen LogP contribution in [-0.4, -0.2) is 53.7 Å². The van der Waals surface area contributed by atoms with Gasteiger partial charge >= 0.3 is 12.1 Å². The van der Waals surface area contributed by atoms with Gasteiger partial charge < -0.3 is 20.1 Å². The highest BCUT2D eigenvalue weighted by atomic mass is 16.5. The number of aliphatic carboxylic acids is 1. The molecule has 0 aromatic heterocycles. The van der Waals surface area contributed by atoms with E-state index in [1.54, 1.807) is 4.90 Å². The van der Waals surface area contributed by atoms with Crippen LogP contribution in [0.3, 0.4) is 0 Å². The molecule has 7 nitrogen and oxygen atoms in total. The number of piperidine rings is 1. The number of alkyl carbamates (subject to hydrolysis) is 1. The Labute approximate surface area is 193 Å². The van der Waals surface area contributed by atoms with Crippen LogP contribution in [0, 0.1) is 5.92 Å². The van der Waals surface area contributed by atoms with Crippen LogP contribution >= 0.6 is 0 Å². The van der Waals surface area contributed by atoms with E-state index in [4.69, 9.17) is 9.84 Å². The third kappa shape index (κ3) is 5.18. The topological polar surface area (TPSA) is 95.9 Å². The monoisotopic (exact) mass is 450 g/mol. The van der Waals surface area contributed by atoms with Crippen LogP contribution in [0.4, 0.5) is 4.79 Å². The van der Waals surface area contributed by atoms with Gasteiger partial charge in [0.1, 0.15) is 12.6 Å². The minimum atomic E-state index is -1.01. The molecule has 2 aromatic rings. The van der Waals surface area contributed by atoms with Crippen molar-refractivity contribution in [3.63, 3.8) is 0 Å². The first-order valence-corrected chi connectivity index (χ1v) is 11.6. The van der Waals surface area contributed by atoms with Gasteiger partial charge in [-0.15, -0.1) is 0 Å². The molecular weight excluding hydrogens is 420 g/mol. The maximum Gasteiger partial charge on any atom is 0.407 e. The lowest BCUT2D eigenvalue weighted by molar-refractivity contribution is -0.138. The van der Waals surface area contributed by atoms with E-state index in [-0.39, 0.29) is 31.3 Å². The molecule has 2 amide bonds. The van der Waals surface area contributed by atoms with E-state index in [2.05, 4.69) is 24.4 Å². The number of likely N-dealkylation sites (tertiary alicyclic amines) is 1. The van der Waals surface area contributed by atoms with E-state index in [0.29, 0.717) is 19.0 Å². The average molecular weight is 451 g/mol. The third-order valence-electron chi connectivity index (χ3n) is 6.68. The van der Waals surface area contributed by atoms with Gasteiger partial charge in [0.05, 0.1) is 0 Å². The molecule has 4 rings (SSSR count). The predicted molar refractivity (Wildman–Crippen MR) is 124 cm³/mol. The number of carboxylic acids is 1. The number of hydrogen-bond donors (Lipinski definition) is 2. The van der Waals surface area contributed by atoms with Gasteiger partial charge in [0.25, 0.3) is 0 Å². The normalized spacial score (nSPS) is 16.6. The average Bonchev–Trinajstić information content (AvgIpc) is 3.14. The summed E-state index contributed by atoms with van der Waals surface area (Å²) in [6.45, 7) is 3.53. The zero-order chi connectivity index (χ0) is 23.4. The summed E-state index contributed by atoms with van der Waals surface area (Å²) in [5.74, 6) is -0.771. The second-order valence-electron chi connectivity index (χ2n) is 8.96. The molecule has 0 spiro atoms. The zero-order valence-corrected chi connectivity index (χ0v) is 18.8. The summed E-state index contributed by atoms with van der Waals surface area (Å²) >= 11 is 0. The molecule has 0 radical (unpaired) electrons. The standard InChI is InChI=1S/C26H30N2O5/c1-17-12-14-28(15-13-17)25(31)23(10-11-24(29)30)27-26(32)33-16-22-20-8-4-2-6-18(20)19-7-3-5-9-21(19)22/h2-9,17,22-23H,10-16H2,1H3,(H,27,32)(H,29,30). The molecule has 2 N–H and O–H groups in total. The zero-order valence-electron chi connectivity index (χ0n) is 18.8. The van der Waals surface area contributed by atoms with Crippen molar-refractivity contribution in [1.82, 2.24) is 10.2 Å². The van der Waals surface area contributed by atoms with Crippen molar-refractivity contribution in [2.45, 2.75) is 44.6 Å². The SMILES string of the molecule is CC1CCN(C(=O)C(CCC(=O)O)NC(=O)OCC2c3ccccc3-c3ccccc32)CC1. The fraction of sp³-hybridized carbons (Fsp3) is 0.423. The number of carboxylic acid groups (broad SMARTS) is 1. The van der Waals surface area contributed by atoms with Gasteiger partial charge in [-0.3, -0.25) is 9.59 Å². The number of fused-ring (bicyclic) bond motifs is 3. The Balaban J connectivity index is 1.41. The molecule has 1 aliphatic carbocycles. The van der Waals surface area contributed by atoms with Crippen molar-refractivity contribution < 1.29 is 24.2 Å².